The fourth-order valence-electron chi connectivity index (χ4n) is 3.07. The van der Waals surface area contributed by atoms with E-state index in [1.807, 2.05) is 6.07 Å². The first kappa shape index (κ1) is 15.9. The van der Waals surface area contributed by atoms with Crippen molar-refractivity contribution in [3.05, 3.63) is 27.7 Å². The van der Waals surface area contributed by atoms with Gasteiger partial charge in [-0.25, -0.2) is 0 Å². The molecule has 112 valence electrons. The highest BCUT2D eigenvalue weighted by Gasteiger charge is 2.19. The summed E-state index contributed by atoms with van der Waals surface area (Å²) in [6, 6.07) is 3.56. The van der Waals surface area contributed by atoms with Gasteiger partial charge in [0.25, 0.3) is 0 Å². The summed E-state index contributed by atoms with van der Waals surface area (Å²) < 4.78 is 5.17. The minimum absolute atomic E-state index is 0.0472. The van der Waals surface area contributed by atoms with E-state index in [1.54, 1.807) is 13.2 Å². The Balaban J connectivity index is 2.08. The minimum atomic E-state index is -0.0472. The fourth-order valence-corrected chi connectivity index (χ4v) is 3.61. The van der Waals surface area contributed by atoms with Gasteiger partial charge in [0, 0.05) is 17.1 Å². The van der Waals surface area contributed by atoms with Gasteiger partial charge < -0.3 is 10.5 Å². The molecule has 2 nitrogen and oxygen atoms in total. The molecule has 20 heavy (non-hydrogen) atoms. The second-order valence-electron chi connectivity index (χ2n) is 5.71. The van der Waals surface area contributed by atoms with E-state index in [1.165, 1.54) is 38.5 Å². The molecular weight excluding hydrogens is 293 g/mol. The summed E-state index contributed by atoms with van der Waals surface area (Å²) in [6.07, 6.45) is 8.94. The molecule has 2 N–H and O–H groups in total. The third-order valence-corrected chi connectivity index (χ3v) is 4.86. The van der Waals surface area contributed by atoms with E-state index in [9.17, 15) is 0 Å². The Labute approximate surface area is 131 Å². The zero-order valence-corrected chi connectivity index (χ0v) is 13.5. The van der Waals surface area contributed by atoms with Crippen LogP contribution in [-0.2, 0) is 0 Å². The molecule has 1 aliphatic rings. The topological polar surface area (TPSA) is 35.2 Å². The first-order valence-corrected chi connectivity index (χ1v) is 8.16. The minimum Gasteiger partial charge on any atom is -0.495 e. The third kappa shape index (κ3) is 4.03. The number of hydrogen-bond acceptors (Lipinski definition) is 2. The van der Waals surface area contributed by atoms with Gasteiger partial charge in [-0.15, -0.1) is 0 Å². The van der Waals surface area contributed by atoms with Gasteiger partial charge in [0.15, 0.2) is 0 Å². The SMILES string of the molecule is COc1cc(Cl)c(C(N)CC2CCCCCC2)cc1Cl. The average Bonchev–Trinajstić information content (AvgIpc) is 2.69. The number of benzene rings is 1. The first-order chi connectivity index (χ1) is 9.61. The maximum absolute atomic E-state index is 6.35. The normalized spacial score (nSPS) is 18.6. The zero-order chi connectivity index (χ0) is 14.5. The largest absolute Gasteiger partial charge is 0.495 e. The highest BCUT2D eigenvalue weighted by molar-refractivity contribution is 6.34. The summed E-state index contributed by atoms with van der Waals surface area (Å²) in [5.41, 5.74) is 7.29. The lowest BCUT2D eigenvalue weighted by Gasteiger charge is -2.21. The van der Waals surface area contributed by atoms with Gasteiger partial charge in [-0.2, -0.15) is 0 Å². The smallest absolute Gasteiger partial charge is 0.138 e. The van der Waals surface area contributed by atoms with E-state index in [0.717, 1.165) is 12.0 Å². The Bertz CT molecular complexity index is 442. The molecule has 4 heteroatoms. The molecule has 1 aromatic rings. The monoisotopic (exact) mass is 315 g/mol. The van der Waals surface area contributed by atoms with Gasteiger partial charge >= 0.3 is 0 Å². The number of rotatable bonds is 4. The molecule has 1 fully saturated rings. The number of nitrogens with two attached hydrogens (primary N) is 1. The molecule has 0 heterocycles. The molecular formula is C16H23Cl2NO. The van der Waals surface area contributed by atoms with Crippen molar-refractivity contribution in [2.75, 3.05) is 7.11 Å². The van der Waals surface area contributed by atoms with Gasteiger partial charge in [0.2, 0.25) is 0 Å². The van der Waals surface area contributed by atoms with Crippen LogP contribution in [0, 0.1) is 5.92 Å². The van der Waals surface area contributed by atoms with Crippen molar-refractivity contribution in [1.29, 1.82) is 0 Å². The van der Waals surface area contributed by atoms with E-state index >= 15 is 0 Å². The molecule has 0 radical (unpaired) electrons. The van der Waals surface area contributed by atoms with Crippen LogP contribution >= 0.6 is 23.2 Å². The van der Waals surface area contributed by atoms with Gasteiger partial charge in [-0.05, 0) is 24.0 Å². The van der Waals surface area contributed by atoms with Crippen LogP contribution in [0.4, 0.5) is 0 Å². The predicted molar refractivity (Wildman–Crippen MR) is 85.8 cm³/mol. The van der Waals surface area contributed by atoms with Crippen molar-refractivity contribution in [1.82, 2.24) is 0 Å². The Morgan fingerprint density at radius 3 is 2.40 bits per heavy atom. The Morgan fingerprint density at radius 2 is 1.80 bits per heavy atom. The molecule has 0 spiro atoms. The van der Waals surface area contributed by atoms with Crippen LogP contribution in [0.1, 0.15) is 56.6 Å². The molecule has 1 unspecified atom stereocenters. The van der Waals surface area contributed by atoms with Crippen LogP contribution in [0.2, 0.25) is 10.0 Å². The first-order valence-electron chi connectivity index (χ1n) is 7.40. The van der Waals surface area contributed by atoms with E-state index < -0.39 is 0 Å². The van der Waals surface area contributed by atoms with Crippen molar-refractivity contribution < 1.29 is 4.74 Å². The van der Waals surface area contributed by atoms with E-state index in [-0.39, 0.29) is 6.04 Å². The lowest BCUT2D eigenvalue weighted by molar-refractivity contribution is 0.392. The number of halogens is 2. The molecule has 0 aromatic heterocycles. The Hall–Kier alpha value is -0.440. The van der Waals surface area contributed by atoms with Crippen LogP contribution in [0.25, 0.3) is 0 Å². The van der Waals surface area contributed by atoms with Gasteiger partial charge in [-0.3, -0.25) is 0 Å². The van der Waals surface area contributed by atoms with Crippen molar-refractivity contribution >= 4 is 23.2 Å². The highest BCUT2D eigenvalue weighted by Crippen LogP contribution is 2.37. The van der Waals surface area contributed by atoms with Crippen LogP contribution in [-0.4, -0.2) is 7.11 Å². The average molecular weight is 316 g/mol. The van der Waals surface area contributed by atoms with Crippen molar-refractivity contribution in [3.63, 3.8) is 0 Å². The summed E-state index contributed by atoms with van der Waals surface area (Å²) >= 11 is 12.5. The van der Waals surface area contributed by atoms with Gasteiger partial charge in [0.05, 0.1) is 12.1 Å². The number of ether oxygens (including phenoxy) is 1. The molecule has 0 saturated heterocycles. The van der Waals surface area contributed by atoms with Gasteiger partial charge in [-0.1, -0.05) is 61.7 Å². The molecule has 0 bridgehead atoms. The second-order valence-corrected chi connectivity index (χ2v) is 6.52. The van der Waals surface area contributed by atoms with E-state index in [2.05, 4.69) is 0 Å². The quantitative estimate of drug-likeness (QED) is 0.759. The lowest BCUT2D eigenvalue weighted by Crippen LogP contribution is -2.16. The molecule has 1 aliphatic carbocycles. The molecule has 0 aliphatic heterocycles. The van der Waals surface area contributed by atoms with E-state index in [4.69, 9.17) is 33.7 Å². The zero-order valence-electron chi connectivity index (χ0n) is 12.0. The third-order valence-electron chi connectivity index (χ3n) is 4.23. The van der Waals surface area contributed by atoms with Crippen LogP contribution in [0.3, 0.4) is 0 Å². The highest BCUT2D eigenvalue weighted by atomic mass is 35.5. The maximum atomic E-state index is 6.35. The summed E-state index contributed by atoms with van der Waals surface area (Å²) in [5, 5.41) is 1.22. The molecule has 1 atom stereocenters. The maximum Gasteiger partial charge on any atom is 0.138 e. The fraction of sp³-hybridized carbons (Fsp3) is 0.625. The van der Waals surface area contributed by atoms with E-state index in [0.29, 0.717) is 21.7 Å². The van der Waals surface area contributed by atoms with Crippen LogP contribution in [0.5, 0.6) is 5.75 Å². The Morgan fingerprint density at radius 1 is 1.15 bits per heavy atom. The number of methoxy groups -OCH3 is 1. The Kier molecular flexibility index (Phi) is 6.01. The van der Waals surface area contributed by atoms with Crippen molar-refractivity contribution in [2.45, 2.75) is 51.0 Å². The molecule has 1 saturated carbocycles. The number of hydrogen-bond donors (Lipinski definition) is 1. The standard InChI is InChI=1S/C16H23Cl2NO/c1-20-16-10-13(17)12(9-14(16)18)15(19)8-11-6-4-2-3-5-7-11/h9-11,15H,2-8,19H2,1H3. The van der Waals surface area contributed by atoms with Gasteiger partial charge in [0.1, 0.15) is 5.75 Å². The second kappa shape index (κ2) is 7.53. The summed E-state index contributed by atoms with van der Waals surface area (Å²) in [7, 11) is 1.59. The predicted octanol–water partition coefficient (Wildman–Crippen LogP) is 5.36. The molecule has 2 rings (SSSR count). The summed E-state index contributed by atoms with van der Waals surface area (Å²) in [6.45, 7) is 0. The summed E-state index contributed by atoms with van der Waals surface area (Å²) in [5.74, 6) is 1.31. The van der Waals surface area contributed by atoms with Crippen molar-refractivity contribution in [2.24, 2.45) is 11.7 Å². The van der Waals surface area contributed by atoms with Crippen LogP contribution in [0.15, 0.2) is 12.1 Å². The summed E-state index contributed by atoms with van der Waals surface area (Å²) in [4.78, 5) is 0. The molecule has 0 amide bonds. The lowest BCUT2D eigenvalue weighted by atomic mass is 9.90. The van der Waals surface area contributed by atoms with Crippen LogP contribution < -0.4 is 10.5 Å². The molecule has 1 aromatic carbocycles. The van der Waals surface area contributed by atoms with Crippen molar-refractivity contribution in [3.8, 4) is 5.75 Å².